The molecule has 1 fully saturated rings. The molecule has 0 unspecified atom stereocenters. The first-order chi connectivity index (χ1) is 16.0. The Morgan fingerprint density at radius 2 is 1.76 bits per heavy atom. The number of carbonyl (C=O) groups is 3. The molecule has 8 heteroatoms. The molecule has 0 atom stereocenters. The molecule has 0 spiro atoms. The lowest BCUT2D eigenvalue weighted by atomic mass is 10.0. The van der Waals surface area contributed by atoms with Crippen LogP contribution in [0.2, 0.25) is 0 Å². The normalized spacial score (nSPS) is 13.4. The average Bonchev–Trinajstić information content (AvgIpc) is 3.51. The number of benzene rings is 2. The molecule has 1 aliphatic rings. The first-order valence-electron chi connectivity index (χ1n) is 11.2. The minimum absolute atomic E-state index is 0.148. The fraction of sp³-hybridized carbons (Fsp3) is 0.308. The zero-order valence-electron chi connectivity index (χ0n) is 19.7. The number of anilines is 1. The van der Waals surface area contributed by atoms with Crippen LogP contribution in [0.15, 0.2) is 48.7 Å². The summed E-state index contributed by atoms with van der Waals surface area (Å²) in [4.78, 5) is 38.1. The number of nitrogens with zero attached hydrogens (tertiary/aromatic N) is 2. The predicted octanol–water partition coefficient (Wildman–Crippen LogP) is 3.84. The lowest BCUT2D eigenvalue weighted by molar-refractivity contribution is 0.00694. The van der Waals surface area contributed by atoms with Crippen molar-refractivity contribution in [1.82, 2.24) is 15.1 Å². The summed E-state index contributed by atoms with van der Waals surface area (Å²) in [7, 11) is 0. The van der Waals surface area contributed by atoms with Crippen molar-refractivity contribution in [3.05, 3.63) is 76.5 Å². The van der Waals surface area contributed by atoms with Gasteiger partial charge >= 0.3 is 5.97 Å². The number of aryl methyl sites for hydroxylation is 1. The maximum absolute atomic E-state index is 13.2. The van der Waals surface area contributed by atoms with E-state index in [0.29, 0.717) is 16.8 Å². The van der Waals surface area contributed by atoms with Crippen molar-refractivity contribution in [2.75, 3.05) is 5.73 Å². The van der Waals surface area contributed by atoms with Crippen LogP contribution >= 0.6 is 0 Å². The summed E-state index contributed by atoms with van der Waals surface area (Å²) in [5.41, 5.74) is 8.42. The van der Waals surface area contributed by atoms with Gasteiger partial charge in [0.2, 0.25) is 0 Å². The van der Waals surface area contributed by atoms with Crippen molar-refractivity contribution in [1.29, 1.82) is 0 Å². The van der Waals surface area contributed by atoms with Crippen LogP contribution in [0.5, 0.6) is 0 Å². The van der Waals surface area contributed by atoms with E-state index in [1.54, 1.807) is 51.1 Å². The van der Waals surface area contributed by atoms with Gasteiger partial charge in [-0.05, 0) is 70.4 Å². The summed E-state index contributed by atoms with van der Waals surface area (Å²) < 4.78 is 6.85. The van der Waals surface area contributed by atoms with Crippen LogP contribution in [0.1, 0.15) is 75.8 Å². The summed E-state index contributed by atoms with van der Waals surface area (Å²) in [6.07, 6.45) is 3.39. The molecular formula is C26H28N4O4. The van der Waals surface area contributed by atoms with E-state index in [1.807, 2.05) is 13.0 Å². The SMILES string of the molecule is Cc1ccc(C(=O)NC2CC2)cc1-n1ncc(C(=O)c2cccc(C(=O)OC(C)(C)C)c2)c1N. The standard InChI is InChI=1S/C26H28N4O4/c1-15-8-9-17(24(32)29-19-10-11-19)13-21(15)30-23(27)20(14-28-30)22(31)16-6-5-7-18(12-16)25(33)34-26(2,3)4/h5-9,12-14,19H,10-11,27H2,1-4H3,(H,29,32). The zero-order valence-corrected chi connectivity index (χ0v) is 19.7. The predicted molar refractivity (Wildman–Crippen MR) is 128 cm³/mol. The summed E-state index contributed by atoms with van der Waals surface area (Å²) in [6, 6.07) is 11.9. The number of hydrogen-bond donors (Lipinski definition) is 2. The molecule has 1 saturated carbocycles. The van der Waals surface area contributed by atoms with E-state index in [9.17, 15) is 14.4 Å². The second-order valence-electron chi connectivity index (χ2n) is 9.52. The third-order valence-corrected chi connectivity index (χ3v) is 5.42. The van der Waals surface area contributed by atoms with Gasteiger partial charge in [0.05, 0.1) is 23.0 Å². The molecule has 1 amide bonds. The van der Waals surface area contributed by atoms with Gasteiger partial charge in [0.15, 0.2) is 5.78 Å². The minimum atomic E-state index is -0.648. The highest BCUT2D eigenvalue weighted by Crippen LogP contribution is 2.25. The van der Waals surface area contributed by atoms with Gasteiger partial charge in [-0.3, -0.25) is 9.59 Å². The monoisotopic (exact) mass is 460 g/mol. The van der Waals surface area contributed by atoms with Crippen molar-refractivity contribution >= 4 is 23.5 Å². The van der Waals surface area contributed by atoms with Crippen molar-refractivity contribution in [3.63, 3.8) is 0 Å². The Balaban J connectivity index is 1.62. The Hall–Kier alpha value is -3.94. The number of ketones is 1. The summed E-state index contributed by atoms with van der Waals surface area (Å²) in [5.74, 6) is -0.877. The first kappa shape index (κ1) is 23.2. The summed E-state index contributed by atoms with van der Waals surface area (Å²) >= 11 is 0. The lowest BCUT2D eigenvalue weighted by Gasteiger charge is -2.19. The van der Waals surface area contributed by atoms with Crippen LogP contribution in [0.25, 0.3) is 5.69 Å². The molecule has 3 aromatic rings. The van der Waals surface area contributed by atoms with Gasteiger partial charge in [-0.1, -0.05) is 18.2 Å². The molecule has 1 aromatic heterocycles. The van der Waals surface area contributed by atoms with Crippen LogP contribution < -0.4 is 11.1 Å². The molecule has 1 aliphatic carbocycles. The van der Waals surface area contributed by atoms with E-state index in [2.05, 4.69) is 10.4 Å². The number of ether oxygens (including phenoxy) is 1. The Kier molecular flexibility index (Phi) is 6.00. The van der Waals surface area contributed by atoms with Crippen LogP contribution in [-0.4, -0.2) is 39.1 Å². The minimum Gasteiger partial charge on any atom is -0.456 e. The second kappa shape index (κ2) is 8.78. The van der Waals surface area contributed by atoms with Gasteiger partial charge in [-0.2, -0.15) is 5.10 Å². The lowest BCUT2D eigenvalue weighted by Crippen LogP contribution is -2.25. The largest absolute Gasteiger partial charge is 0.456 e. The maximum atomic E-state index is 13.2. The van der Waals surface area contributed by atoms with Crippen molar-refractivity contribution in [2.45, 2.75) is 52.2 Å². The first-order valence-corrected chi connectivity index (χ1v) is 11.2. The van der Waals surface area contributed by atoms with Gasteiger partial charge in [-0.25, -0.2) is 9.48 Å². The van der Waals surface area contributed by atoms with Gasteiger partial charge in [0.25, 0.3) is 5.91 Å². The van der Waals surface area contributed by atoms with Crippen molar-refractivity contribution < 1.29 is 19.1 Å². The van der Waals surface area contributed by atoms with Gasteiger partial charge in [0, 0.05) is 17.2 Å². The van der Waals surface area contributed by atoms with E-state index in [0.717, 1.165) is 18.4 Å². The van der Waals surface area contributed by atoms with Crippen LogP contribution in [0.4, 0.5) is 5.82 Å². The Labute approximate surface area is 198 Å². The molecule has 4 rings (SSSR count). The second-order valence-corrected chi connectivity index (χ2v) is 9.52. The van der Waals surface area contributed by atoms with E-state index in [1.165, 1.54) is 16.9 Å². The molecule has 8 nitrogen and oxygen atoms in total. The van der Waals surface area contributed by atoms with Gasteiger partial charge in [0.1, 0.15) is 11.4 Å². The quantitative estimate of drug-likeness (QED) is 0.426. The Bertz CT molecular complexity index is 1280. The molecule has 0 aliphatic heterocycles. The van der Waals surface area contributed by atoms with E-state index >= 15 is 0 Å². The Morgan fingerprint density at radius 3 is 2.44 bits per heavy atom. The molecule has 34 heavy (non-hydrogen) atoms. The molecule has 0 bridgehead atoms. The molecule has 1 heterocycles. The molecular weight excluding hydrogens is 432 g/mol. The number of nitrogens with two attached hydrogens (primary N) is 1. The molecule has 0 radical (unpaired) electrons. The zero-order chi connectivity index (χ0) is 24.6. The number of nitrogens with one attached hydrogen (secondary N) is 1. The number of aromatic nitrogens is 2. The number of hydrogen-bond acceptors (Lipinski definition) is 6. The summed E-state index contributed by atoms with van der Waals surface area (Å²) in [5, 5.41) is 7.29. The van der Waals surface area contributed by atoms with Crippen LogP contribution in [0, 0.1) is 6.92 Å². The number of rotatable bonds is 6. The topological polar surface area (TPSA) is 116 Å². The van der Waals surface area contributed by atoms with Crippen molar-refractivity contribution in [3.8, 4) is 5.69 Å². The molecule has 3 N–H and O–H groups in total. The van der Waals surface area contributed by atoms with E-state index in [4.69, 9.17) is 10.5 Å². The van der Waals surface area contributed by atoms with Gasteiger partial charge in [-0.15, -0.1) is 0 Å². The number of amides is 1. The smallest absolute Gasteiger partial charge is 0.338 e. The van der Waals surface area contributed by atoms with Crippen LogP contribution in [-0.2, 0) is 4.74 Å². The fourth-order valence-corrected chi connectivity index (χ4v) is 3.48. The third kappa shape index (κ3) is 5.01. The highest BCUT2D eigenvalue weighted by atomic mass is 16.6. The Morgan fingerprint density at radius 1 is 1.06 bits per heavy atom. The summed E-state index contributed by atoms with van der Waals surface area (Å²) in [6.45, 7) is 7.22. The maximum Gasteiger partial charge on any atom is 0.338 e. The van der Waals surface area contributed by atoms with E-state index < -0.39 is 11.6 Å². The molecule has 176 valence electrons. The highest BCUT2D eigenvalue weighted by Gasteiger charge is 2.25. The van der Waals surface area contributed by atoms with Crippen LogP contribution in [0.3, 0.4) is 0 Å². The number of carbonyl (C=O) groups excluding carboxylic acids is 3. The van der Waals surface area contributed by atoms with Gasteiger partial charge < -0.3 is 15.8 Å². The number of nitrogen functional groups attached to an aromatic ring is 1. The van der Waals surface area contributed by atoms with E-state index in [-0.39, 0.29) is 34.7 Å². The highest BCUT2D eigenvalue weighted by molar-refractivity contribution is 6.12. The number of esters is 1. The van der Waals surface area contributed by atoms with Crippen molar-refractivity contribution in [2.24, 2.45) is 0 Å². The molecule has 2 aromatic carbocycles. The fourth-order valence-electron chi connectivity index (χ4n) is 3.48. The third-order valence-electron chi connectivity index (χ3n) is 5.42. The average molecular weight is 461 g/mol. The molecule has 0 saturated heterocycles.